The van der Waals surface area contributed by atoms with Crippen LogP contribution in [0.25, 0.3) is 0 Å². The van der Waals surface area contributed by atoms with Crippen LogP contribution in [0.3, 0.4) is 0 Å². The Hall–Kier alpha value is 0.290. The van der Waals surface area contributed by atoms with Crippen molar-refractivity contribution in [2.45, 2.75) is 57.7 Å². The zero-order valence-electron chi connectivity index (χ0n) is 7.41. The summed E-state index contributed by atoms with van der Waals surface area (Å²) in [5.74, 6) is 0. The molecule has 10 heavy (non-hydrogen) atoms. The molecule has 0 N–H and O–H groups in total. The molecule has 0 bridgehead atoms. The van der Waals surface area contributed by atoms with Gasteiger partial charge in [0.2, 0.25) is 0 Å². The number of hydrogen-bond acceptors (Lipinski definition) is 0. The Morgan fingerprint density at radius 2 is 1.70 bits per heavy atom. The van der Waals surface area contributed by atoms with Crippen molar-refractivity contribution in [3.8, 4) is 0 Å². The van der Waals surface area contributed by atoms with E-state index in [-0.39, 0.29) is 4.87 Å². The third-order valence-electron chi connectivity index (χ3n) is 1.82. The van der Waals surface area contributed by atoms with E-state index in [0.29, 0.717) is 0 Å². The van der Waals surface area contributed by atoms with Gasteiger partial charge in [-0.05, 0) is 19.8 Å². The van der Waals surface area contributed by atoms with Crippen molar-refractivity contribution in [2.75, 3.05) is 0 Å². The molecule has 0 rings (SSSR count). The van der Waals surface area contributed by atoms with Crippen LogP contribution in [0.4, 0.5) is 0 Å². The number of halogens is 1. The topological polar surface area (TPSA) is 0 Å². The maximum atomic E-state index is 6.22. The summed E-state index contributed by atoms with van der Waals surface area (Å²) in [6, 6.07) is 0. The molecule has 0 fully saturated rings. The Balaban J connectivity index is 3.42. The minimum atomic E-state index is 0.0742. The molecular weight excluding hydrogens is 144 g/mol. The average Bonchev–Trinajstić information content (AvgIpc) is 1.84. The first-order valence-electron chi connectivity index (χ1n) is 4.31. The summed E-state index contributed by atoms with van der Waals surface area (Å²) in [7, 11) is 0. The van der Waals surface area contributed by atoms with Crippen molar-refractivity contribution in [1.82, 2.24) is 0 Å². The quantitative estimate of drug-likeness (QED) is 0.537. The highest BCUT2D eigenvalue weighted by atomic mass is 35.5. The van der Waals surface area contributed by atoms with Gasteiger partial charge in [0.05, 0.1) is 0 Å². The highest BCUT2D eigenvalue weighted by Crippen LogP contribution is 2.26. The Labute approximate surface area is 70.0 Å². The molecule has 0 saturated heterocycles. The lowest BCUT2D eigenvalue weighted by Gasteiger charge is -2.20. The third-order valence-corrected chi connectivity index (χ3v) is 2.20. The second kappa shape index (κ2) is 5.01. The molecule has 62 valence electrons. The van der Waals surface area contributed by atoms with Gasteiger partial charge in [0.1, 0.15) is 0 Å². The third kappa shape index (κ3) is 5.10. The lowest BCUT2D eigenvalue weighted by Crippen LogP contribution is -2.15. The average molecular weight is 163 g/mol. The van der Waals surface area contributed by atoms with Gasteiger partial charge in [0.25, 0.3) is 0 Å². The van der Waals surface area contributed by atoms with Crippen LogP contribution >= 0.6 is 11.6 Å². The van der Waals surface area contributed by atoms with E-state index >= 15 is 0 Å². The molecule has 0 aromatic rings. The predicted molar refractivity (Wildman–Crippen MR) is 48.7 cm³/mol. The summed E-state index contributed by atoms with van der Waals surface area (Å²) in [4.78, 5) is 0.0742. The van der Waals surface area contributed by atoms with E-state index in [1.807, 2.05) is 0 Å². The fourth-order valence-corrected chi connectivity index (χ4v) is 1.51. The predicted octanol–water partition coefficient (Wildman–Crippen LogP) is 3.97. The molecule has 0 spiro atoms. The summed E-state index contributed by atoms with van der Waals surface area (Å²) in [5, 5.41) is 0. The van der Waals surface area contributed by atoms with E-state index in [1.54, 1.807) is 0 Å². The van der Waals surface area contributed by atoms with E-state index in [4.69, 9.17) is 11.6 Å². The Bertz CT molecular complexity index is 76.8. The van der Waals surface area contributed by atoms with Crippen molar-refractivity contribution >= 4 is 11.6 Å². The van der Waals surface area contributed by atoms with E-state index in [9.17, 15) is 0 Å². The van der Waals surface area contributed by atoms with Crippen LogP contribution < -0.4 is 0 Å². The Morgan fingerprint density at radius 1 is 1.10 bits per heavy atom. The molecular formula is C9H19Cl. The van der Waals surface area contributed by atoms with Crippen molar-refractivity contribution < 1.29 is 0 Å². The molecule has 0 nitrogen and oxygen atoms in total. The zero-order chi connectivity index (χ0) is 8.04. The minimum absolute atomic E-state index is 0.0742. The number of hydrogen-bond donors (Lipinski definition) is 0. The van der Waals surface area contributed by atoms with Gasteiger partial charge in [0.15, 0.2) is 0 Å². The van der Waals surface area contributed by atoms with E-state index in [2.05, 4.69) is 20.8 Å². The molecule has 0 amide bonds. The molecule has 0 aliphatic heterocycles. The molecule has 0 saturated carbocycles. The maximum absolute atomic E-state index is 6.22. The van der Waals surface area contributed by atoms with E-state index in [0.717, 1.165) is 6.42 Å². The second-order valence-electron chi connectivity index (χ2n) is 3.27. The van der Waals surface area contributed by atoms with E-state index < -0.39 is 0 Å². The molecule has 0 radical (unpaired) electrons. The van der Waals surface area contributed by atoms with Gasteiger partial charge in [-0.2, -0.15) is 0 Å². The summed E-state index contributed by atoms with van der Waals surface area (Å²) in [6.07, 6.45) is 6.03. The first-order chi connectivity index (χ1) is 4.62. The van der Waals surface area contributed by atoms with Gasteiger partial charge >= 0.3 is 0 Å². The standard InChI is InChI=1S/C9H19Cl/c1-4-6-8-9(3,10)7-5-2/h4-8H2,1-3H3/t9-/m0/s1. The van der Waals surface area contributed by atoms with Gasteiger partial charge in [-0.1, -0.05) is 33.1 Å². The van der Waals surface area contributed by atoms with Gasteiger partial charge in [-0.25, -0.2) is 0 Å². The highest BCUT2D eigenvalue weighted by Gasteiger charge is 2.17. The highest BCUT2D eigenvalue weighted by molar-refractivity contribution is 6.23. The zero-order valence-corrected chi connectivity index (χ0v) is 8.17. The maximum Gasteiger partial charge on any atom is 0.0418 e. The van der Waals surface area contributed by atoms with Gasteiger partial charge in [-0.15, -0.1) is 11.6 Å². The second-order valence-corrected chi connectivity index (χ2v) is 4.18. The van der Waals surface area contributed by atoms with Crippen molar-refractivity contribution in [2.24, 2.45) is 0 Å². The summed E-state index contributed by atoms with van der Waals surface area (Å²) in [5.41, 5.74) is 0. The van der Waals surface area contributed by atoms with Crippen LogP contribution in [0.2, 0.25) is 0 Å². The van der Waals surface area contributed by atoms with Crippen LogP contribution in [-0.2, 0) is 0 Å². The van der Waals surface area contributed by atoms with Gasteiger partial charge in [-0.3, -0.25) is 0 Å². The number of unbranched alkanes of at least 4 members (excludes halogenated alkanes) is 1. The lowest BCUT2D eigenvalue weighted by molar-refractivity contribution is 0.502. The van der Waals surface area contributed by atoms with E-state index in [1.165, 1.54) is 25.7 Å². The Morgan fingerprint density at radius 3 is 2.10 bits per heavy atom. The largest absolute Gasteiger partial charge is 0.120 e. The first kappa shape index (κ1) is 10.3. The van der Waals surface area contributed by atoms with Crippen molar-refractivity contribution in [3.05, 3.63) is 0 Å². The number of alkyl halides is 1. The molecule has 0 aromatic heterocycles. The lowest BCUT2D eigenvalue weighted by atomic mass is 9.98. The van der Waals surface area contributed by atoms with Crippen LogP contribution in [-0.4, -0.2) is 4.87 Å². The van der Waals surface area contributed by atoms with Gasteiger partial charge < -0.3 is 0 Å². The SMILES string of the molecule is CCCC[C@@](C)(Cl)CCC. The normalized spacial score (nSPS) is 16.8. The fourth-order valence-electron chi connectivity index (χ4n) is 1.19. The van der Waals surface area contributed by atoms with Gasteiger partial charge in [0, 0.05) is 4.87 Å². The molecule has 0 aliphatic rings. The summed E-state index contributed by atoms with van der Waals surface area (Å²) in [6.45, 7) is 6.54. The monoisotopic (exact) mass is 162 g/mol. The minimum Gasteiger partial charge on any atom is -0.120 e. The molecule has 0 aromatic carbocycles. The van der Waals surface area contributed by atoms with Crippen molar-refractivity contribution in [3.63, 3.8) is 0 Å². The van der Waals surface area contributed by atoms with Crippen LogP contribution in [0.15, 0.2) is 0 Å². The van der Waals surface area contributed by atoms with Crippen LogP contribution in [0.1, 0.15) is 52.9 Å². The van der Waals surface area contributed by atoms with Crippen LogP contribution in [0, 0.1) is 0 Å². The molecule has 1 atom stereocenters. The first-order valence-corrected chi connectivity index (χ1v) is 4.69. The number of rotatable bonds is 5. The smallest absolute Gasteiger partial charge is 0.0418 e. The molecule has 0 aliphatic carbocycles. The van der Waals surface area contributed by atoms with Crippen LogP contribution in [0.5, 0.6) is 0 Å². The summed E-state index contributed by atoms with van der Waals surface area (Å²) >= 11 is 6.22. The Kier molecular flexibility index (Phi) is 5.15. The molecule has 1 heteroatoms. The fraction of sp³-hybridized carbons (Fsp3) is 1.00. The summed E-state index contributed by atoms with van der Waals surface area (Å²) < 4.78 is 0. The van der Waals surface area contributed by atoms with Crippen molar-refractivity contribution in [1.29, 1.82) is 0 Å². The molecule has 0 heterocycles. The molecule has 0 unspecified atom stereocenters.